The number of ether oxygens (including phenoxy) is 1. The second kappa shape index (κ2) is 6.84. The average molecular weight is 279 g/mol. The minimum atomic E-state index is -3.29. The monoisotopic (exact) mass is 279 g/mol. The molecule has 0 spiro atoms. The Morgan fingerprint density at radius 3 is 2.50 bits per heavy atom. The Kier molecular flexibility index (Phi) is 6.04. The van der Waals surface area contributed by atoms with E-state index in [1.54, 1.807) is 14.0 Å². The first-order chi connectivity index (χ1) is 8.37. The van der Waals surface area contributed by atoms with Crippen LogP contribution in [0.15, 0.2) is 0 Å². The molecule has 18 heavy (non-hydrogen) atoms. The highest BCUT2D eigenvalue weighted by Gasteiger charge is 2.29. The summed E-state index contributed by atoms with van der Waals surface area (Å²) in [6.45, 7) is 2.09. The number of nitrogens with one attached hydrogen (secondary N) is 1. The zero-order valence-corrected chi connectivity index (χ0v) is 12.1. The quantitative estimate of drug-likeness (QED) is 0.730. The Labute approximate surface area is 110 Å². The second-order valence-corrected chi connectivity index (χ2v) is 7.41. The molecule has 1 aliphatic carbocycles. The fourth-order valence-corrected chi connectivity index (χ4v) is 3.86. The summed E-state index contributed by atoms with van der Waals surface area (Å²) in [5, 5.41) is 9.71. The van der Waals surface area contributed by atoms with Crippen LogP contribution < -0.4 is 4.72 Å². The first-order valence-electron chi connectivity index (χ1n) is 6.57. The van der Waals surface area contributed by atoms with E-state index in [1.165, 1.54) is 0 Å². The van der Waals surface area contributed by atoms with Gasteiger partial charge in [0.15, 0.2) is 0 Å². The summed E-state index contributed by atoms with van der Waals surface area (Å²) < 4.78 is 31.5. The Balaban J connectivity index is 2.45. The van der Waals surface area contributed by atoms with E-state index < -0.39 is 15.6 Å². The lowest BCUT2D eigenvalue weighted by atomic mass is 10.0. The van der Waals surface area contributed by atoms with Gasteiger partial charge in [-0.3, -0.25) is 0 Å². The van der Waals surface area contributed by atoms with Crippen molar-refractivity contribution in [1.82, 2.24) is 4.72 Å². The fourth-order valence-electron chi connectivity index (χ4n) is 2.16. The molecule has 0 radical (unpaired) electrons. The zero-order chi connectivity index (χ0) is 13.6. The van der Waals surface area contributed by atoms with Crippen molar-refractivity contribution in [3.63, 3.8) is 0 Å². The lowest BCUT2D eigenvalue weighted by molar-refractivity contribution is 0.0291. The van der Waals surface area contributed by atoms with Gasteiger partial charge in [-0.2, -0.15) is 0 Å². The molecule has 108 valence electrons. The number of hydrogen-bond acceptors (Lipinski definition) is 4. The Morgan fingerprint density at radius 2 is 1.94 bits per heavy atom. The van der Waals surface area contributed by atoms with Gasteiger partial charge in [0.1, 0.15) is 0 Å². The number of rotatable bonds is 7. The third-order valence-corrected chi connectivity index (χ3v) is 5.39. The molecule has 0 aromatic carbocycles. The van der Waals surface area contributed by atoms with Gasteiger partial charge in [0, 0.05) is 26.7 Å². The largest absolute Gasteiger partial charge is 0.389 e. The van der Waals surface area contributed by atoms with Gasteiger partial charge in [-0.1, -0.05) is 19.3 Å². The van der Waals surface area contributed by atoms with Crippen molar-refractivity contribution in [2.45, 2.75) is 56.3 Å². The van der Waals surface area contributed by atoms with Gasteiger partial charge >= 0.3 is 0 Å². The molecule has 2 N–H and O–H groups in total. The molecule has 0 saturated heterocycles. The fraction of sp³-hybridized carbons (Fsp3) is 1.00. The predicted molar refractivity (Wildman–Crippen MR) is 70.9 cm³/mol. The summed E-state index contributed by atoms with van der Waals surface area (Å²) >= 11 is 0. The molecule has 0 aromatic heterocycles. The minimum absolute atomic E-state index is 0.0508. The highest BCUT2D eigenvalue weighted by atomic mass is 32.2. The van der Waals surface area contributed by atoms with Gasteiger partial charge in [0.2, 0.25) is 10.0 Å². The average Bonchev–Trinajstić information content (AvgIpc) is 2.36. The highest BCUT2D eigenvalue weighted by molar-refractivity contribution is 7.90. The number of sulfonamides is 1. The third kappa shape index (κ3) is 5.22. The molecule has 1 saturated carbocycles. The van der Waals surface area contributed by atoms with Crippen LogP contribution in [0, 0.1) is 0 Å². The van der Waals surface area contributed by atoms with Crippen LogP contribution in [-0.2, 0) is 14.8 Å². The van der Waals surface area contributed by atoms with Gasteiger partial charge in [-0.05, 0) is 19.8 Å². The van der Waals surface area contributed by atoms with Crippen molar-refractivity contribution in [3.8, 4) is 0 Å². The number of aliphatic hydroxyl groups is 1. The van der Waals surface area contributed by atoms with Gasteiger partial charge in [0.25, 0.3) is 0 Å². The van der Waals surface area contributed by atoms with Crippen molar-refractivity contribution >= 4 is 10.0 Å². The lowest BCUT2D eigenvalue weighted by Crippen LogP contribution is -2.45. The van der Waals surface area contributed by atoms with Crippen LogP contribution >= 0.6 is 0 Å². The van der Waals surface area contributed by atoms with Crippen molar-refractivity contribution in [3.05, 3.63) is 0 Å². The van der Waals surface area contributed by atoms with Crippen LogP contribution in [-0.4, -0.2) is 44.6 Å². The van der Waals surface area contributed by atoms with E-state index in [2.05, 4.69) is 4.72 Å². The number of methoxy groups -OCH3 is 1. The van der Waals surface area contributed by atoms with Crippen LogP contribution in [0.3, 0.4) is 0 Å². The second-order valence-electron chi connectivity index (χ2n) is 5.37. The van der Waals surface area contributed by atoms with Crippen LogP contribution in [0.2, 0.25) is 0 Å². The SMILES string of the molecule is COCCC(C)(O)CNS(=O)(=O)C1CCCCC1. The maximum atomic E-state index is 12.1. The molecule has 1 aliphatic rings. The molecule has 5 nitrogen and oxygen atoms in total. The Hall–Kier alpha value is -0.170. The highest BCUT2D eigenvalue weighted by Crippen LogP contribution is 2.23. The van der Waals surface area contributed by atoms with E-state index in [9.17, 15) is 13.5 Å². The summed E-state index contributed by atoms with van der Waals surface area (Å²) in [7, 11) is -1.73. The van der Waals surface area contributed by atoms with E-state index in [0.717, 1.165) is 32.1 Å². The minimum Gasteiger partial charge on any atom is -0.389 e. The summed E-state index contributed by atoms with van der Waals surface area (Å²) in [5.41, 5.74) is -1.06. The molecule has 1 rings (SSSR count). The molecule has 1 unspecified atom stereocenters. The molecule has 1 atom stereocenters. The maximum Gasteiger partial charge on any atom is 0.214 e. The summed E-state index contributed by atoms with van der Waals surface area (Å²) in [6, 6.07) is 0. The zero-order valence-electron chi connectivity index (χ0n) is 11.3. The molecule has 0 aliphatic heterocycles. The lowest BCUT2D eigenvalue weighted by Gasteiger charge is -2.26. The molecule has 0 aromatic rings. The van der Waals surface area contributed by atoms with Gasteiger partial charge in [0.05, 0.1) is 10.9 Å². The molecule has 6 heteroatoms. The van der Waals surface area contributed by atoms with Crippen molar-refractivity contribution in [1.29, 1.82) is 0 Å². The van der Waals surface area contributed by atoms with E-state index >= 15 is 0 Å². The normalized spacial score (nSPS) is 21.7. The first-order valence-corrected chi connectivity index (χ1v) is 8.12. The van der Waals surface area contributed by atoms with Crippen LogP contribution in [0.25, 0.3) is 0 Å². The topological polar surface area (TPSA) is 75.6 Å². The van der Waals surface area contributed by atoms with Crippen molar-refractivity contribution in [2.24, 2.45) is 0 Å². The smallest absolute Gasteiger partial charge is 0.214 e. The molecule has 0 heterocycles. The van der Waals surface area contributed by atoms with Gasteiger partial charge in [-0.25, -0.2) is 13.1 Å². The standard InChI is InChI=1S/C12H25NO4S/c1-12(14,8-9-17-2)10-13-18(15,16)11-6-4-3-5-7-11/h11,13-14H,3-10H2,1-2H3. The van der Waals surface area contributed by atoms with E-state index in [0.29, 0.717) is 13.0 Å². The van der Waals surface area contributed by atoms with Crippen LogP contribution in [0.1, 0.15) is 45.4 Å². The third-order valence-electron chi connectivity index (χ3n) is 3.49. The molecule has 1 fully saturated rings. The maximum absolute atomic E-state index is 12.1. The molecule has 0 bridgehead atoms. The van der Waals surface area contributed by atoms with Crippen LogP contribution in [0.5, 0.6) is 0 Å². The van der Waals surface area contributed by atoms with E-state index in [-0.39, 0.29) is 11.8 Å². The molecular weight excluding hydrogens is 254 g/mol. The van der Waals surface area contributed by atoms with Crippen LogP contribution in [0.4, 0.5) is 0 Å². The van der Waals surface area contributed by atoms with Crippen molar-refractivity contribution in [2.75, 3.05) is 20.3 Å². The Morgan fingerprint density at radius 1 is 1.33 bits per heavy atom. The summed E-state index contributed by atoms with van der Waals surface area (Å²) in [5.74, 6) is 0. The number of hydrogen-bond donors (Lipinski definition) is 2. The first kappa shape index (κ1) is 15.9. The van der Waals surface area contributed by atoms with E-state index in [4.69, 9.17) is 4.74 Å². The van der Waals surface area contributed by atoms with Crippen molar-refractivity contribution < 1.29 is 18.3 Å². The molecular formula is C12H25NO4S. The molecule has 0 amide bonds. The predicted octanol–water partition coefficient (Wildman–Crippen LogP) is 1.03. The Bertz CT molecular complexity index is 334. The van der Waals surface area contributed by atoms with Gasteiger partial charge < -0.3 is 9.84 Å². The summed E-state index contributed by atoms with van der Waals surface area (Å²) in [4.78, 5) is 0. The summed E-state index contributed by atoms with van der Waals surface area (Å²) in [6.07, 6.45) is 4.96. The van der Waals surface area contributed by atoms with Gasteiger partial charge in [-0.15, -0.1) is 0 Å². The van der Waals surface area contributed by atoms with E-state index in [1.807, 2.05) is 0 Å².